The third-order valence-electron chi connectivity index (χ3n) is 3.61. The van der Waals surface area contributed by atoms with Gasteiger partial charge in [0.1, 0.15) is 0 Å². The van der Waals surface area contributed by atoms with Crippen LogP contribution in [0, 0.1) is 11.3 Å². The Kier molecular flexibility index (Phi) is 3.10. The predicted molar refractivity (Wildman–Crippen MR) is 75.1 cm³/mol. The zero-order chi connectivity index (χ0) is 13.2. The fourth-order valence-electron chi connectivity index (χ4n) is 2.59. The van der Waals surface area contributed by atoms with E-state index in [1.807, 2.05) is 25.2 Å². The van der Waals surface area contributed by atoms with Crippen LogP contribution in [0.15, 0.2) is 18.2 Å². The Morgan fingerprint density at radius 2 is 2.21 bits per heavy atom. The summed E-state index contributed by atoms with van der Waals surface area (Å²) in [6.45, 7) is 4.06. The van der Waals surface area contributed by atoms with Gasteiger partial charge >= 0.3 is 0 Å². The second kappa shape index (κ2) is 4.90. The van der Waals surface area contributed by atoms with Gasteiger partial charge in [0.15, 0.2) is 0 Å². The third-order valence-corrected chi connectivity index (χ3v) is 3.61. The lowest BCUT2D eigenvalue weighted by Gasteiger charge is -2.20. The highest BCUT2D eigenvalue weighted by atomic mass is 15.3. The van der Waals surface area contributed by atoms with Crippen molar-refractivity contribution < 1.29 is 0 Å². The zero-order valence-corrected chi connectivity index (χ0v) is 11.1. The molecule has 2 heterocycles. The summed E-state index contributed by atoms with van der Waals surface area (Å²) in [5, 5.41) is 12.4. The number of nitrogens with one attached hydrogen (secondary N) is 1. The molecule has 2 aromatic rings. The van der Waals surface area contributed by atoms with Gasteiger partial charge < -0.3 is 14.8 Å². The third kappa shape index (κ3) is 2.15. The van der Waals surface area contributed by atoms with Gasteiger partial charge in [-0.25, -0.2) is 4.98 Å². The molecule has 0 amide bonds. The lowest BCUT2D eigenvalue weighted by molar-refractivity contribution is 0.724. The van der Waals surface area contributed by atoms with Crippen LogP contribution in [0.1, 0.15) is 12.0 Å². The molecular weight excluding hydrogens is 238 g/mol. The smallest absolute Gasteiger partial charge is 0.206 e. The molecule has 3 rings (SSSR count). The van der Waals surface area contributed by atoms with E-state index in [0.29, 0.717) is 5.56 Å². The summed E-state index contributed by atoms with van der Waals surface area (Å²) in [5.41, 5.74) is 2.63. The Bertz CT molecular complexity index is 629. The first-order valence-electron chi connectivity index (χ1n) is 6.62. The van der Waals surface area contributed by atoms with Crippen molar-refractivity contribution >= 4 is 17.0 Å². The lowest BCUT2D eigenvalue weighted by Crippen LogP contribution is -2.29. The topological polar surface area (TPSA) is 56.9 Å². The highest BCUT2D eigenvalue weighted by Gasteiger charge is 2.16. The van der Waals surface area contributed by atoms with Crippen LogP contribution in [-0.4, -0.2) is 35.7 Å². The van der Waals surface area contributed by atoms with E-state index in [9.17, 15) is 0 Å². The maximum atomic E-state index is 8.96. The highest BCUT2D eigenvalue weighted by molar-refractivity contribution is 5.80. The molecule has 1 aromatic carbocycles. The minimum atomic E-state index is 0.662. The van der Waals surface area contributed by atoms with Gasteiger partial charge in [0.25, 0.3) is 0 Å². The number of anilines is 1. The van der Waals surface area contributed by atoms with Crippen LogP contribution in [0.5, 0.6) is 0 Å². The van der Waals surface area contributed by atoms with Crippen LogP contribution < -0.4 is 10.2 Å². The van der Waals surface area contributed by atoms with Gasteiger partial charge in [-0.3, -0.25) is 0 Å². The first-order valence-corrected chi connectivity index (χ1v) is 6.62. The quantitative estimate of drug-likeness (QED) is 0.833. The molecule has 5 nitrogen and oxygen atoms in total. The Balaban J connectivity index is 2.03. The number of nitrogens with zero attached hydrogens (tertiary/aromatic N) is 4. The molecule has 1 fully saturated rings. The number of aryl methyl sites for hydroxylation is 1. The van der Waals surface area contributed by atoms with Crippen LogP contribution in [0.4, 0.5) is 5.95 Å². The lowest BCUT2D eigenvalue weighted by atomic mass is 10.2. The minimum absolute atomic E-state index is 0.662. The van der Waals surface area contributed by atoms with E-state index in [1.165, 1.54) is 0 Å². The second-order valence-electron chi connectivity index (χ2n) is 4.88. The molecular formula is C14H17N5. The number of rotatable bonds is 1. The molecule has 0 unspecified atom stereocenters. The number of hydrogen-bond donors (Lipinski definition) is 1. The fraction of sp³-hybridized carbons (Fsp3) is 0.429. The normalized spacial score (nSPS) is 16.3. The number of imidazole rings is 1. The maximum Gasteiger partial charge on any atom is 0.206 e. The molecule has 1 aliphatic rings. The van der Waals surface area contributed by atoms with E-state index < -0.39 is 0 Å². The summed E-state index contributed by atoms with van der Waals surface area (Å²) in [4.78, 5) is 7.01. The summed E-state index contributed by atoms with van der Waals surface area (Å²) in [6.07, 6.45) is 1.13. The average molecular weight is 255 g/mol. The predicted octanol–water partition coefficient (Wildman–Crippen LogP) is 1.24. The summed E-state index contributed by atoms with van der Waals surface area (Å²) in [7, 11) is 2.04. The fourth-order valence-corrected chi connectivity index (χ4v) is 2.59. The molecule has 0 aliphatic carbocycles. The molecule has 0 bridgehead atoms. The summed E-state index contributed by atoms with van der Waals surface area (Å²) in [5.74, 6) is 0.994. The molecule has 0 atom stereocenters. The first-order chi connectivity index (χ1) is 9.29. The molecule has 0 spiro atoms. The van der Waals surface area contributed by atoms with E-state index in [-0.39, 0.29) is 0 Å². The van der Waals surface area contributed by atoms with E-state index in [2.05, 4.69) is 20.9 Å². The SMILES string of the molecule is Cn1c(N2CCCNCC2)nc2cc(C#N)ccc21. The molecule has 1 saturated heterocycles. The Morgan fingerprint density at radius 1 is 1.32 bits per heavy atom. The van der Waals surface area contributed by atoms with Crippen molar-refractivity contribution in [3.05, 3.63) is 23.8 Å². The number of aromatic nitrogens is 2. The Morgan fingerprint density at radius 3 is 3.05 bits per heavy atom. The van der Waals surface area contributed by atoms with E-state index in [0.717, 1.165) is 49.6 Å². The van der Waals surface area contributed by atoms with Crippen molar-refractivity contribution in [2.45, 2.75) is 6.42 Å². The standard InChI is InChI=1S/C14H17N5/c1-18-13-4-3-11(10-15)9-12(13)17-14(18)19-7-2-5-16-6-8-19/h3-4,9,16H,2,5-8H2,1H3. The summed E-state index contributed by atoms with van der Waals surface area (Å²) >= 11 is 0. The molecule has 0 saturated carbocycles. The number of benzene rings is 1. The summed E-state index contributed by atoms with van der Waals surface area (Å²) in [6, 6.07) is 7.84. The van der Waals surface area contributed by atoms with Gasteiger partial charge in [0, 0.05) is 26.7 Å². The van der Waals surface area contributed by atoms with Crippen LogP contribution in [0.25, 0.3) is 11.0 Å². The van der Waals surface area contributed by atoms with Gasteiger partial charge in [0.2, 0.25) is 5.95 Å². The van der Waals surface area contributed by atoms with Gasteiger partial charge in [-0.2, -0.15) is 5.26 Å². The van der Waals surface area contributed by atoms with Gasteiger partial charge in [-0.15, -0.1) is 0 Å². The van der Waals surface area contributed by atoms with Crippen LogP contribution in [-0.2, 0) is 7.05 Å². The van der Waals surface area contributed by atoms with Gasteiger partial charge in [-0.1, -0.05) is 0 Å². The molecule has 98 valence electrons. The number of nitriles is 1. The monoisotopic (exact) mass is 255 g/mol. The minimum Gasteiger partial charge on any atom is -0.341 e. The van der Waals surface area contributed by atoms with Crippen LogP contribution >= 0.6 is 0 Å². The van der Waals surface area contributed by atoms with Gasteiger partial charge in [0.05, 0.1) is 22.7 Å². The van der Waals surface area contributed by atoms with Crippen LogP contribution in [0.3, 0.4) is 0 Å². The van der Waals surface area contributed by atoms with Crippen molar-refractivity contribution in [1.82, 2.24) is 14.9 Å². The van der Waals surface area contributed by atoms with Gasteiger partial charge in [-0.05, 0) is 31.2 Å². The van der Waals surface area contributed by atoms with Crippen molar-refractivity contribution in [3.63, 3.8) is 0 Å². The van der Waals surface area contributed by atoms with E-state index >= 15 is 0 Å². The summed E-state index contributed by atoms with van der Waals surface area (Å²) < 4.78 is 2.11. The van der Waals surface area contributed by atoms with Crippen molar-refractivity contribution in [3.8, 4) is 6.07 Å². The highest BCUT2D eigenvalue weighted by Crippen LogP contribution is 2.22. The Hall–Kier alpha value is -2.06. The molecule has 1 aromatic heterocycles. The van der Waals surface area contributed by atoms with Crippen molar-refractivity contribution in [1.29, 1.82) is 5.26 Å². The van der Waals surface area contributed by atoms with Crippen LogP contribution in [0.2, 0.25) is 0 Å². The second-order valence-corrected chi connectivity index (χ2v) is 4.88. The molecule has 19 heavy (non-hydrogen) atoms. The zero-order valence-electron chi connectivity index (χ0n) is 11.1. The molecule has 1 aliphatic heterocycles. The molecule has 1 N–H and O–H groups in total. The number of hydrogen-bond acceptors (Lipinski definition) is 4. The van der Waals surface area contributed by atoms with Crippen molar-refractivity contribution in [2.24, 2.45) is 7.05 Å². The molecule has 5 heteroatoms. The van der Waals surface area contributed by atoms with E-state index in [1.54, 1.807) is 0 Å². The van der Waals surface area contributed by atoms with Crippen molar-refractivity contribution in [2.75, 3.05) is 31.1 Å². The average Bonchev–Trinajstić information content (AvgIpc) is 2.64. The Labute approximate surface area is 112 Å². The maximum absolute atomic E-state index is 8.96. The van der Waals surface area contributed by atoms with E-state index in [4.69, 9.17) is 10.2 Å². The number of fused-ring (bicyclic) bond motifs is 1. The largest absolute Gasteiger partial charge is 0.341 e. The molecule has 0 radical (unpaired) electrons. The first kappa shape index (κ1) is 12.0.